The van der Waals surface area contributed by atoms with E-state index in [4.69, 9.17) is 6.57 Å². The van der Waals surface area contributed by atoms with Gasteiger partial charge in [0.25, 0.3) is 0 Å². The van der Waals surface area contributed by atoms with Crippen LogP contribution in [-0.2, 0) is 11.0 Å². The zero-order valence-corrected chi connectivity index (χ0v) is 19.5. The van der Waals surface area contributed by atoms with Crippen molar-refractivity contribution in [2.45, 2.75) is 33.9 Å². The molecule has 0 aliphatic carbocycles. The molecular formula is C26H22F3N5O. The predicted molar refractivity (Wildman–Crippen MR) is 128 cm³/mol. The lowest BCUT2D eigenvalue weighted by Gasteiger charge is -2.19. The molecule has 6 nitrogen and oxygen atoms in total. The minimum Gasteiger partial charge on any atom is -0.325 e. The molecule has 0 bridgehead atoms. The molecule has 4 rings (SSSR count). The molecule has 0 radical (unpaired) electrons. The zero-order valence-electron chi connectivity index (χ0n) is 19.5. The molecule has 0 aliphatic heterocycles. The molecule has 0 saturated heterocycles. The number of amides is 1. The molecule has 2 aromatic heterocycles. The van der Waals surface area contributed by atoms with Crippen LogP contribution in [0.15, 0.2) is 54.7 Å². The van der Waals surface area contributed by atoms with E-state index < -0.39 is 17.2 Å². The maximum absolute atomic E-state index is 13.6. The first-order valence-corrected chi connectivity index (χ1v) is 10.7. The summed E-state index contributed by atoms with van der Waals surface area (Å²) in [7, 11) is 0. The fraction of sp³-hybridized carbons (Fsp3) is 0.231. The van der Waals surface area contributed by atoms with E-state index in [1.54, 1.807) is 12.3 Å². The number of nitrogens with one attached hydrogen (secondary N) is 1. The average Bonchev–Trinajstić information content (AvgIpc) is 3.22. The van der Waals surface area contributed by atoms with Gasteiger partial charge in [0.2, 0.25) is 5.91 Å². The van der Waals surface area contributed by atoms with E-state index in [9.17, 15) is 18.0 Å². The predicted octanol–water partition coefficient (Wildman–Crippen LogP) is 6.93. The normalized spacial score (nSPS) is 11.9. The first-order valence-electron chi connectivity index (χ1n) is 10.7. The molecular weight excluding hydrogens is 455 g/mol. The molecule has 4 aromatic rings. The summed E-state index contributed by atoms with van der Waals surface area (Å²) in [5.74, 6) is -0.122. The number of aryl methyl sites for hydroxylation is 1. The second-order valence-corrected chi connectivity index (χ2v) is 9.22. The van der Waals surface area contributed by atoms with Crippen LogP contribution in [0.2, 0.25) is 0 Å². The van der Waals surface area contributed by atoms with E-state index in [-0.39, 0.29) is 22.9 Å². The first-order chi connectivity index (χ1) is 16.4. The maximum Gasteiger partial charge on any atom is 0.415 e. The van der Waals surface area contributed by atoms with Crippen molar-refractivity contribution in [2.75, 3.05) is 5.32 Å². The van der Waals surface area contributed by atoms with Crippen LogP contribution in [0.3, 0.4) is 0 Å². The SMILES string of the molecule is [C-]#[N+]c1ccc(-c2ccc3nc(-c4ccc(C)c(NC(=O)C(C)(C)C)c4)cn3n2)c(C(F)(F)F)c1. The molecule has 0 aliphatic rings. The van der Waals surface area contributed by atoms with Gasteiger partial charge in [-0.2, -0.15) is 18.3 Å². The summed E-state index contributed by atoms with van der Waals surface area (Å²) in [6.45, 7) is 14.4. The number of halogens is 3. The van der Waals surface area contributed by atoms with Crippen LogP contribution in [0, 0.1) is 18.9 Å². The summed E-state index contributed by atoms with van der Waals surface area (Å²) in [6, 6.07) is 12.0. The van der Waals surface area contributed by atoms with Crippen LogP contribution in [0.25, 0.3) is 33.0 Å². The summed E-state index contributed by atoms with van der Waals surface area (Å²) >= 11 is 0. The van der Waals surface area contributed by atoms with Crippen molar-refractivity contribution in [3.8, 4) is 22.5 Å². The Morgan fingerprint density at radius 3 is 2.43 bits per heavy atom. The molecule has 35 heavy (non-hydrogen) atoms. The molecule has 2 heterocycles. The molecule has 0 unspecified atom stereocenters. The highest BCUT2D eigenvalue weighted by atomic mass is 19.4. The molecule has 0 spiro atoms. The molecule has 1 amide bonds. The van der Waals surface area contributed by atoms with Gasteiger partial charge in [-0.15, -0.1) is 0 Å². The Balaban J connectivity index is 1.74. The molecule has 2 aromatic carbocycles. The quantitative estimate of drug-likeness (QED) is 0.326. The minimum absolute atomic E-state index is 0.0965. The highest BCUT2D eigenvalue weighted by molar-refractivity contribution is 5.95. The van der Waals surface area contributed by atoms with Crippen molar-refractivity contribution < 1.29 is 18.0 Å². The fourth-order valence-corrected chi connectivity index (χ4v) is 3.45. The lowest BCUT2D eigenvalue weighted by atomic mass is 9.95. The minimum atomic E-state index is -4.64. The molecule has 0 atom stereocenters. The number of carbonyl (C=O) groups is 1. The van der Waals surface area contributed by atoms with Gasteiger partial charge in [-0.25, -0.2) is 14.3 Å². The third-order valence-corrected chi connectivity index (χ3v) is 5.50. The van der Waals surface area contributed by atoms with Gasteiger partial charge in [-0.3, -0.25) is 4.79 Å². The smallest absolute Gasteiger partial charge is 0.325 e. The molecule has 0 fully saturated rings. The van der Waals surface area contributed by atoms with Crippen molar-refractivity contribution in [1.29, 1.82) is 0 Å². The van der Waals surface area contributed by atoms with Crippen molar-refractivity contribution in [3.05, 3.63) is 77.3 Å². The van der Waals surface area contributed by atoms with Crippen LogP contribution in [0.1, 0.15) is 31.9 Å². The van der Waals surface area contributed by atoms with E-state index in [0.717, 1.165) is 17.2 Å². The summed E-state index contributed by atoms with van der Waals surface area (Å²) in [5.41, 5.74) is 1.68. The van der Waals surface area contributed by atoms with Crippen molar-refractivity contribution in [1.82, 2.24) is 14.6 Å². The lowest BCUT2D eigenvalue weighted by Crippen LogP contribution is -2.27. The van der Waals surface area contributed by atoms with E-state index in [2.05, 4.69) is 20.2 Å². The Bertz CT molecular complexity index is 1490. The molecule has 0 saturated carbocycles. The Labute approximate surface area is 200 Å². The molecule has 9 heteroatoms. The van der Waals surface area contributed by atoms with E-state index >= 15 is 0 Å². The highest BCUT2D eigenvalue weighted by Crippen LogP contribution is 2.38. The van der Waals surface area contributed by atoms with E-state index in [0.29, 0.717) is 17.0 Å². The van der Waals surface area contributed by atoms with Gasteiger partial charge in [0.05, 0.1) is 29.7 Å². The number of alkyl halides is 3. The lowest BCUT2D eigenvalue weighted by molar-refractivity contribution is -0.137. The summed E-state index contributed by atoms with van der Waals surface area (Å²) in [6.07, 6.45) is -3.01. The van der Waals surface area contributed by atoms with E-state index in [1.807, 2.05) is 45.9 Å². The van der Waals surface area contributed by atoms with Gasteiger partial charge >= 0.3 is 6.18 Å². The number of carbonyl (C=O) groups excluding carboxylic acids is 1. The van der Waals surface area contributed by atoms with Gasteiger partial charge in [-0.05, 0) is 36.8 Å². The van der Waals surface area contributed by atoms with Gasteiger partial charge in [0, 0.05) is 22.2 Å². The average molecular weight is 477 g/mol. The molecule has 178 valence electrons. The first kappa shape index (κ1) is 24.0. The number of hydrogen-bond acceptors (Lipinski definition) is 3. The Morgan fingerprint density at radius 2 is 1.77 bits per heavy atom. The van der Waals surface area contributed by atoms with Crippen LogP contribution in [0.5, 0.6) is 0 Å². The second kappa shape index (κ2) is 8.55. The summed E-state index contributed by atoms with van der Waals surface area (Å²) < 4.78 is 42.4. The third kappa shape index (κ3) is 4.87. The van der Waals surface area contributed by atoms with Crippen molar-refractivity contribution in [3.63, 3.8) is 0 Å². The third-order valence-electron chi connectivity index (χ3n) is 5.50. The van der Waals surface area contributed by atoms with Gasteiger partial charge in [-0.1, -0.05) is 45.0 Å². The number of imidazole rings is 1. The van der Waals surface area contributed by atoms with Gasteiger partial charge < -0.3 is 5.32 Å². The summed E-state index contributed by atoms with van der Waals surface area (Å²) in [4.78, 5) is 20.1. The number of anilines is 1. The number of benzene rings is 2. The summed E-state index contributed by atoms with van der Waals surface area (Å²) in [5, 5.41) is 7.29. The number of fused-ring (bicyclic) bond motifs is 1. The Hall–Kier alpha value is -4.19. The second-order valence-electron chi connectivity index (χ2n) is 9.22. The number of hydrogen-bond donors (Lipinski definition) is 1. The van der Waals surface area contributed by atoms with Crippen LogP contribution in [0.4, 0.5) is 24.5 Å². The maximum atomic E-state index is 13.6. The van der Waals surface area contributed by atoms with Crippen LogP contribution >= 0.6 is 0 Å². The number of rotatable bonds is 3. The largest absolute Gasteiger partial charge is 0.415 e. The topological polar surface area (TPSA) is 63.7 Å². The Kier molecular flexibility index (Phi) is 5.85. The zero-order chi connectivity index (χ0) is 25.5. The van der Waals surface area contributed by atoms with Gasteiger partial charge in [0.15, 0.2) is 11.3 Å². The highest BCUT2D eigenvalue weighted by Gasteiger charge is 2.34. The number of nitrogens with zero attached hydrogens (tertiary/aromatic N) is 4. The number of aromatic nitrogens is 3. The monoisotopic (exact) mass is 477 g/mol. The standard InChI is InChI=1S/C26H22F3N5O/c1-15-6-7-16(12-21(15)32-24(35)25(2,3)4)22-14-34-23(31-22)11-10-20(33-34)18-9-8-17(30-5)13-19(18)26(27,28)29/h6-14H,1-4H3,(H,32,35). The molecule has 1 N–H and O–H groups in total. The Morgan fingerprint density at radius 1 is 1.03 bits per heavy atom. The van der Waals surface area contributed by atoms with Gasteiger partial charge in [0.1, 0.15) is 0 Å². The van der Waals surface area contributed by atoms with Crippen molar-refractivity contribution >= 4 is 22.9 Å². The van der Waals surface area contributed by atoms with Crippen LogP contribution in [-0.4, -0.2) is 20.5 Å². The fourth-order valence-electron chi connectivity index (χ4n) is 3.45. The van der Waals surface area contributed by atoms with Crippen molar-refractivity contribution in [2.24, 2.45) is 5.41 Å². The van der Waals surface area contributed by atoms with E-state index in [1.165, 1.54) is 22.7 Å². The van der Waals surface area contributed by atoms with Crippen LogP contribution < -0.4 is 5.32 Å².